The van der Waals surface area contributed by atoms with Gasteiger partial charge >= 0.3 is 5.97 Å². The summed E-state index contributed by atoms with van der Waals surface area (Å²) in [4.78, 5) is 16.4. The van der Waals surface area contributed by atoms with Crippen molar-refractivity contribution in [2.24, 2.45) is 0 Å². The van der Waals surface area contributed by atoms with Crippen LogP contribution in [-0.4, -0.2) is 21.7 Å². The van der Waals surface area contributed by atoms with Crippen LogP contribution in [0, 0.1) is 0 Å². The van der Waals surface area contributed by atoms with Gasteiger partial charge in [-0.3, -0.25) is 4.79 Å². The van der Waals surface area contributed by atoms with E-state index in [4.69, 9.17) is 9.26 Å². The summed E-state index contributed by atoms with van der Waals surface area (Å²) in [6.45, 7) is 13.9. The third-order valence-corrected chi connectivity index (χ3v) is 3.74. The smallest absolute Gasteiger partial charge is 0.307 e. The molecule has 5 heteroatoms. The van der Waals surface area contributed by atoms with Crippen molar-refractivity contribution < 1.29 is 14.1 Å². The molecule has 1 aromatic carbocycles. The molecule has 1 atom stereocenters. The zero-order chi connectivity index (χ0) is 18.8. The fourth-order valence-electron chi connectivity index (χ4n) is 2.40. The number of ether oxygens (including phenoxy) is 1. The Morgan fingerprint density at radius 2 is 1.88 bits per heavy atom. The maximum Gasteiger partial charge on any atom is 0.307 e. The summed E-state index contributed by atoms with van der Waals surface area (Å²) in [7, 11) is 0. The van der Waals surface area contributed by atoms with Crippen LogP contribution in [0.5, 0.6) is 0 Å². The molecule has 0 N–H and O–H groups in total. The summed E-state index contributed by atoms with van der Waals surface area (Å²) < 4.78 is 10.7. The Labute approximate surface area is 149 Å². The van der Waals surface area contributed by atoms with Crippen molar-refractivity contribution in [1.29, 1.82) is 0 Å². The predicted octanol–water partition coefficient (Wildman–Crippen LogP) is 4.87. The Bertz CT molecular complexity index is 736. The van der Waals surface area contributed by atoms with E-state index in [-0.39, 0.29) is 23.7 Å². The van der Waals surface area contributed by atoms with Crippen LogP contribution in [0.4, 0.5) is 0 Å². The lowest BCUT2D eigenvalue weighted by atomic mass is 9.86. The molecular formula is C20H28N2O3. The molecule has 0 saturated heterocycles. The standard InChI is InChI=1S/C20H28N2O3/c1-13(11-16(23)24-20(5,6)7)18-21-17(22-25-18)14-9-8-10-15(12-14)19(2,3)4/h8-10,12-13H,11H2,1-7H3/t13-/m1/s1. The quantitative estimate of drug-likeness (QED) is 0.740. The molecule has 0 saturated carbocycles. The van der Waals surface area contributed by atoms with Gasteiger partial charge < -0.3 is 9.26 Å². The highest BCUT2D eigenvalue weighted by atomic mass is 16.6. The van der Waals surface area contributed by atoms with Gasteiger partial charge in [-0.1, -0.05) is 51.1 Å². The minimum Gasteiger partial charge on any atom is -0.460 e. The van der Waals surface area contributed by atoms with E-state index in [0.29, 0.717) is 11.7 Å². The van der Waals surface area contributed by atoms with E-state index in [1.165, 1.54) is 5.56 Å². The third kappa shape index (κ3) is 5.41. The molecule has 0 bridgehead atoms. The molecule has 2 rings (SSSR count). The Hall–Kier alpha value is -2.17. The van der Waals surface area contributed by atoms with Crippen LogP contribution in [0.25, 0.3) is 11.4 Å². The fraction of sp³-hybridized carbons (Fsp3) is 0.550. The number of carbonyl (C=O) groups excluding carboxylic acids is 1. The van der Waals surface area contributed by atoms with Gasteiger partial charge in [0.2, 0.25) is 11.7 Å². The third-order valence-electron chi connectivity index (χ3n) is 3.74. The molecule has 0 aliphatic rings. The number of rotatable bonds is 4. The molecule has 0 aliphatic carbocycles. The van der Waals surface area contributed by atoms with Crippen molar-refractivity contribution >= 4 is 5.97 Å². The minimum absolute atomic E-state index is 0.0482. The maximum absolute atomic E-state index is 12.0. The summed E-state index contributed by atoms with van der Waals surface area (Å²) >= 11 is 0. The zero-order valence-corrected chi connectivity index (χ0v) is 16.2. The normalized spacial score (nSPS) is 13.6. The Morgan fingerprint density at radius 3 is 2.48 bits per heavy atom. The lowest BCUT2D eigenvalue weighted by Gasteiger charge is -2.20. The molecule has 2 aromatic rings. The van der Waals surface area contributed by atoms with Crippen molar-refractivity contribution in [2.75, 3.05) is 0 Å². The second-order valence-corrected chi connectivity index (χ2v) is 8.48. The summed E-state index contributed by atoms with van der Waals surface area (Å²) in [6, 6.07) is 8.13. The number of hydrogen-bond acceptors (Lipinski definition) is 5. The van der Waals surface area contributed by atoms with Gasteiger partial charge in [0, 0.05) is 11.5 Å². The van der Waals surface area contributed by atoms with E-state index in [0.717, 1.165) is 5.56 Å². The van der Waals surface area contributed by atoms with E-state index in [1.807, 2.05) is 39.8 Å². The van der Waals surface area contributed by atoms with Crippen molar-refractivity contribution in [3.05, 3.63) is 35.7 Å². The van der Waals surface area contributed by atoms with E-state index < -0.39 is 5.60 Å². The first kappa shape index (κ1) is 19.2. The lowest BCUT2D eigenvalue weighted by molar-refractivity contribution is -0.155. The van der Waals surface area contributed by atoms with Crippen LogP contribution in [0.1, 0.15) is 72.3 Å². The predicted molar refractivity (Wildman–Crippen MR) is 97.3 cm³/mol. The summed E-state index contributed by atoms with van der Waals surface area (Å²) in [5.41, 5.74) is 1.67. The van der Waals surface area contributed by atoms with Crippen LogP contribution in [0.2, 0.25) is 0 Å². The molecule has 0 fully saturated rings. The molecule has 0 unspecified atom stereocenters. The largest absolute Gasteiger partial charge is 0.460 e. The number of esters is 1. The summed E-state index contributed by atoms with van der Waals surface area (Å²) in [6.07, 6.45) is 0.209. The monoisotopic (exact) mass is 344 g/mol. The fourth-order valence-corrected chi connectivity index (χ4v) is 2.40. The van der Waals surface area contributed by atoms with Gasteiger partial charge in [0.25, 0.3) is 0 Å². The number of hydrogen-bond donors (Lipinski definition) is 0. The van der Waals surface area contributed by atoms with Crippen LogP contribution in [-0.2, 0) is 14.9 Å². The minimum atomic E-state index is -0.496. The topological polar surface area (TPSA) is 65.2 Å². The van der Waals surface area contributed by atoms with E-state index in [2.05, 4.69) is 43.0 Å². The van der Waals surface area contributed by atoms with Gasteiger partial charge in [-0.15, -0.1) is 0 Å². The second-order valence-electron chi connectivity index (χ2n) is 8.48. The molecule has 1 aromatic heterocycles. The highest BCUT2D eigenvalue weighted by Crippen LogP contribution is 2.27. The van der Waals surface area contributed by atoms with Crippen LogP contribution in [0.15, 0.2) is 28.8 Å². The van der Waals surface area contributed by atoms with Gasteiger partial charge in [-0.05, 0) is 37.8 Å². The number of benzene rings is 1. The number of carbonyl (C=O) groups is 1. The summed E-state index contributed by atoms with van der Waals surface area (Å²) in [5, 5.41) is 4.07. The van der Waals surface area contributed by atoms with Gasteiger partial charge in [-0.2, -0.15) is 4.98 Å². The van der Waals surface area contributed by atoms with Gasteiger partial charge in [0.05, 0.1) is 6.42 Å². The molecule has 0 aliphatic heterocycles. The van der Waals surface area contributed by atoms with Crippen LogP contribution in [0.3, 0.4) is 0 Å². The highest BCUT2D eigenvalue weighted by Gasteiger charge is 2.23. The highest BCUT2D eigenvalue weighted by molar-refractivity contribution is 5.70. The van der Waals surface area contributed by atoms with E-state index in [9.17, 15) is 4.79 Å². The average molecular weight is 344 g/mol. The van der Waals surface area contributed by atoms with E-state index >= 15 is 0 Å². The van der Waals surface area contributed by atoms with Crippen molar-refractivity contribution in [3.8, 4) is 11.4 Å². The maximum atomic E-state index is 12.0. The first-order chi connectivity index (χ1) is 11.5. The molecule has 1 heterocycles. The Kier molecular flexibility index (Phi) is 5.35. The molecule has 0 amide bonds. The average Bonchev–Trinajstić information content (AvgIpc) is 2.94. The van der Waals surface area contributed by atoms with Crippen molar-refractivity contribution in [2.45, 2.75) is 71.8 Å². The molecule has 5 nitrogen and oxygen atoms in total. The molecule has 136 valence electrons. The molecular weight excluding hydrogens is 316 g/mol. The van der Waals surface area contributed by atoms with Crippen LogP contribution >= 0.6 is 0 Å². The first-order valence-electron chi connectivity index (χ1n) is 8.62. The first-order valence-corrected chi connectivity index (χ1v) is 8.62. The number of aromatic nitrogens is 2. The van der Waals surface area contributed by atoms with Crippen LogP contribution < -0.4 is 0 Å². The Morgan fingerprint density at radius 1 is 1.20 bits per heavy atom. The molecule has 0 radical (unpaired) electrons. The SMILES string of the molecule is C[C@H](CC(=O)OC(C)(C)C)c1nc(-c2cccc(C(C)(C)C)c2)no1. The van der Waals surface area contributed by atoms with Crippen molar-refractivity contribution in [1.82, 2.24) is 10.1 Å². The van der Waals surface area contributed by atoms with Gasteiger partial charge in [0.1, 0.15) is 5.60 Å². The van der Waals surface area contributed by atoms with Gasteiger partial charge in [0.15, 0.2) is 0 Å². The van der Waals surface area contributed by atoms with E-state index in [1.54, 1.807) is 0 Å². The molecule has 0 spiro atoms. The van der Waals surface area contributed by atoms with Gasteiger partial charge in [-0.25, -0.2) is 0 Å². The second kappa shape index (κ2) is 6.98. The number of nitrogens with zero attached hydrogens (tertiary/aromatic N) is 2. The molecule has 25 heavy (non-hydrogen) atoms. The lowest BCUT2D eigenvalue weighted by Crippen LogP contribution is -2.24. The summed E-state index contributed by atoms with van der Waals surface area (Å²) in [5.74, 6) is 0.524. The Balaban J connectivity index is 2.13. The zero-order valence-electron chi connectivity index (χ0n) is 16.2. The van der Waals surface area contributed by atoms with Crippen molar-refractivity contribution in [3.63, 3.8) is 0 Å².